The second kappa shape index (κ2) is 3.70. The van der Waals surface area contributed by atoms with Crippen molar-refractivity contribution in [1.82, 2.24) is 0 Å². The first-order valence-electron chi connectivity index (χ1n) is 6.71. The fraction of sp³-hybridized carbons (Fsp3) is 0.667. The molecule has 3 aliphatic rings. The zero-order chi connectivity index (χ0) is 13.1. The Balaban J connectivity index is 2.00. The van der Waals surface area contributed by atoms with Gasteiger partial charge in [0.15, 0.2) is 0 Å². The van der Waals surface area contributed by atoms with Gasteiger partial charge < -0.3 is 9.84 Å². The van der Waals surface area contributed by atoms with E-state index < -0.39 is 0 Å². The third kappa shape index (κ3) is 1.57. The Morgan fingerprint density at radius 3 is 2.94 bits per heavy atom. The van der Waals surface area contributed by atoms with Crippen LogP contribution in [-0.4, -0.2) is 23.3 Å². The maximum atomic E-state index is 11.6. The molecular weight excluding hydrogens is 228 g/mol. The van der Waals surface area contributed by atoms with E-state index in [-0.39, 0.29) is 29.5 Å². The molecule has 1 aliphatic heterocycles. The number of aliphatic hydroxyl groups is 1. The van der Waals surface area contributed by atoms with E-state index in [2.05, 4.69) is 26.5 Å². The molecule has 0 amide bonds. The lowest BCUT2D eigenvalue weighted by Crippen LogP contribution is -2.42. The van der Waals surface area contributed by atoms with Gasteiger partial charge in [0.25, 0.3) is 0 Å². The molecule has 2 aliphatic carbocycles. The monoisotopic (exact) mass is 248 g/mol. The first kappa shape index (κ1) is 12.0. The van der Waals surface area contributed by atoms with Gasteiger partial charge in [-0.3, -0.25) is 0 Å². The van der Waals surface area contributed by atoms with Crippen molar-refractivity contribution < 1.29 is 14.6 Å². The van der Waals surface area contributed by atoms with Crippen LogP contribution >= 0.6 is 0 Å². The molecule has 98 valence electrons. The van der Waals surface area contributed by atoms with Gasteiger partial charge in [-0.25, -0.2) is 4.79 Å². The SMILES string of the molecule is C=C1C(=O)O[C@H]2C[C@@]3(C)C[C@@H](O)C[C@H](C)C3=C[C@H]12. The van der Waals surface area contributed by atoms with Gasteiger partial charge in [0.05, 0.1) is 6.10 Å². The van der Waals surface area contributed by atoms with Gasteiger partial charge >= 0.3 is 5.97 Å². The summed E-state index contributed by atoms with van der Waals surface area (Å²) in [6, 6.07) is 0. The van der Waals surface area contributed by atoms with E-state index >= 15 is 0 Å². The first-order valence-corrected chi connectivity index (χ1v) is 6.71. The first-order chi connectivity index (χ1) is 8.40. The highest BCUT2D eigenvalue weighted by Crippen LogP contribution is 2.53. The minimum absolute atomic E-state index is 0.0247. The Morgan fingerprint density at radius 2 is 2.22 bits per heavy atom. The summed E-state index contributed by atoms with van der Waals surface area (Å²) in [5.41, 5.74) is 1.95. The number of aliphatic hydroxyl groups excluding tert-OH is 1. The van der Waals surface area contributed by atoms with Crippen LogP contribution in [0.3, 0.4) is 0 Å². The van der Waals surface area contributed by atoms with E-state index in [4.69, 9.17) is 4.74 Å². The summed E-state index contributed by atoms with van der Waals surface area (Å²) in [5.74, 6) is 0.179. The predicted molar refractivity (Wildman–Crippen MR) is 67.7 cm³/mol. The van der Waals surface area contributed by atoms with E-state index in [1.165, 1.54) is 5.57 Å². The van der Waals surface area contributed by atoms with Gasteiger partial charge in [-0.15, -0.1) is 0 Å². The number of hydrogen-bond donors (Lipinski definition) is 1. The molecule has 1 saturated heterocycles. The maximum Gasteiger partial charge on any atom is 0.334 e. The summed E-state index contributed by atoms with van der Waals surface area (Å²) in [5, 5.41) is 9.98. The highest BCUT2D eigenvalue weighted by Gasteiger charge is 2.50. The molecular formula is C15H20O3. The van der Waals surface area contributed by atoms with Gasteiger partial charge in [0.1, 0.15) is 6.10 Å². The van der Waals surface area contributed by atoms with Crippen LogP contribution in [0.25, 0.3) is 0 Å². The van der Waals surface area contributed by atoms with Crippen molar-refractivity contribution in [3.8, 4) is 0 Å². The second-order valence-electron chi connectivity index (χ2n) is 6.38. The Hall–Kier alpha value is -1.09. The van der Waals surface area contributed by atoms with Crippen molar-refractivity contribution in [2.45, 2.75) is 45.3 Å². The Kier molecular flexibility index (Phi) is 2.46. The highest BCUT2D eigenvalue weighted by atomic mass is 16.6. The van der Waals surface area contributed by atoms with Gasteiger partial charge in [0.2, 0.25) is 0 Å². The molecule has 0 aromatic heterocycles. The standard InChI is InChI=1S/C15H20O3/c1-8-4-10(16)6-15(3)7-13-11(5-12(8)15)9(2)14(17)18-13/h5,8,10-11,13,16H,2,4,6-7H2,1,3H3/t8-,10-,11+,13-,15+/m0/s1. The molecule has 2 fully saturated rings. The quantitative estimate of drug-likeness (QED) is 0.406. The van der Waals surface area contributed by atoms with Crippen LogP contribution in [0.5, 0.6) is 0 Å². The van der Waals surface area contributed by atoms with Crippen LogP contribution < -0.4 is 0 Å². The summed E-state index contributed by atoms with van der Waals surface area (Å²) in [7, 11) is 0. The Morgan fingerprint density at radius 1 is 1.50 bits per heavy atom. The van der Waals surface area contributed by atoms with E-state index in [0.29, 0.717) is 11.5 Å². The van der Waals surface area contributed by atoms with Crippen molar-refractivity contribution in [3.63, 3.8) is 0 Å². The third-order valence-electron chi connectivity index (χ3n) is 4.87. The molecule has 3 rings (SSSR count). The molecule has 0 aromatic rings. The van der Waals surface area contributed by atoms with Crippen LogP contribution in [0.15, 0.2) is 23.8 Å². The third-order valence-corrected chi connectivity index (χ3v) is 4.87. The number of fused-ring (bicyclic) bond motifs is 2. The van der Waals surface area contributed by atoms with Gasteiger partial charge in [-0.05, 0) is 30.6 Å². The molecule has 1 N–H and O–H groups in total. The highest BCUT2D eigenvalue weighted by molar-refractivity contribution is 5.91. The Bertz CT molecular complexity index is 451. The number of esters is 1. The molecule has 5 atom stereocenters. The predicted octanol–water partition coefficient (Wildman–Crippen LogP) is 2.21. The summed E-state index contributed by atoms with van der Waals surface area (Å²) >= 11 is 0. The van der Waals surface area contributed by atoms with Crippen LogP contribution in [0.4, 0.5) is 0 Å². The molecule has 0 bridgehead atoms. The number of rotatable bonds is 0. The summed E-state index contributed by atoms with van der Waals surface area (Å²) in [4.78, 5) is 11.6. The van der Waals surface area contributed by atoms with Crippen molar-refractivity contribution >= 4 is 5.97 Å². The van der Waals surface area contributed by atoms with Crippen molar-refractivity contribution in [2.75, 3.05) is 0 Å². The number of carbonyl (C=O) groups excluding carboxylic acids is 1. The second-order valence-corrected chi connectivity index (χ2v) is 6.38. The topological polar surface area (TPSA) is 46.5 Å². The van der Waals surface area contributed by atoms with Gasteiger partial charge in [0, 0.05) is 11.5 Å². The Labute approximate surface area is 108 Å². The van der Waals surface area contributed by atoms with E-state index in [1.807, 2.05) is 0 Å². The van der Waals surface area contributed by atoms with Crippen molar-refractivity contribution in [2.24, 2.45) is 17.3 Å². The van der Waals surface area contributed by atoms with E-state index in [9.17, 15) is 9.90 Å². The molecule has 1 heterocycles. The average molecular weight is 248 g/mol. The number of allylic oxidation sites excluding steroid dienone is 1. The largest absolute Gasteiger partial charge is 0.458 e. The fourth-order valence-corrected chi connectivity index (χ4v) is 4.08. The minimum Gasteiger partial charge on any atom is -0.458 e. The van der Waals surface area contributed by atoms with Crippen molar-refractivity contribution in [1.29, 1.82) is 0 Å². The molecule has 0 aromatic carbocycles. The van der Waals surface area contributed by atoms with E-state index in [1.54, 1.807) is 0 Å². The van der Waals surface area contributed by atoms with Crippen LogP contribution in [0.2, 0.25) is 0 Å². The lowest BCUT2D eigenvalue weighted by atomic mass is 9.59. The number of ether oxygens (including phenoxy) is 1. The summed E-state index contributed by atoms with van der Waals surface area (Å²) < 4.78 is 5.40. The van der Waals surface area contributed by atoms with Crippen molar-refractivity contribution in [3.05, 3.63) is 23.8 Å². The molecule has 0 spiro atoms. The smallest absolute Gasteiger partial charge is 0.334 e. The zero-order valence-electron chi connectivity index (χ0n) is 11.0. The van der Waals surface area contributed by atoms with E-state index in [0.717, 1.165) is 19.3 Å². The maximum absolute atomic E-state index is 11.6. The molecule has 18 heavy (non-hydrogen) atoms. The number of hydrogen-bond acceptors (Lipinski definition) is 3. The zero-order valence-corrected chi connectivity index (χ0v) is 11.0. The molecule has 3 heteroatoms. The fourth-order valence-electron chi connectivity index (χ4n) is 4.08. The molecule has 0 radical (unpaired) electrons. The normalized spacial score (nSPS) is 47.2. The molecule has 1 saturated carbocycles. The van der Waals surface area contributed by atoms with Crippen LogP contribution in [0, 0.1) is 17.3 Å². The average Bonchev–Trinajstić information content (AvgIpc) is 2.50. The molecule has 3 nitrogen and oxygen atoms in total. The number of carbonyl (C=O) groups is 1. The lowest BCUT2D eigenvalue weighted by Gasteiger charge is -2.47. The van der Waals surface area contributed by atoms with Gasteiger partial charge in [-0.2, -0.15) is 0 Å². The van der Waals surface area contributed by atoms with Crippen LogP contribution in [0.1, 0.15) is 33.1 Å². The van der Waals surface area contributed by atoms with Gasteiger partial charge in [-0.1, -0.05) is 32.1 Å². The minimum atomic E-state index is -0.253. The summed E-state index contributed by atoms with van der Waals surface area (Å²) in [6.45, 7) is 8.19. The summed E-state index contributed by atoms with van der Waals surface area (Å²) in [6.07, 6.45) is 4.29. The lowest BCUT2D eigenvalue weighted by molar-refractivity contribution is -0.140. The molecule has 0 unspecified atom stereocenters. The van der Waals surface area contributed by atoms with Crippen LogP contribution in [-0.2, 0) is 9.53 Å².